The van der Waals surface area contributed by atoms with E-state index in [9.17, 15) is 9.90 Å². The predicted molar refractivity (Wildman–Crippen MR) is 126 cm³/mol. The van der Waals surface area contributed by atoms with Crippen LogP contribution in [0.3, 0.4) is 0 Å². The number of aryl methyl sites for hydroxylation is 1. The minimum atomic E-state index is -0.141. The highest BCUT2D eigenvalue weighted by atomic mass is 16.3. The van der Waals surface area contributed by atoms with Crippen molar-refractivity contribution < 1.29 is 9.90 Å². The Balaban J connectivity index is 1.37. The number of aliphatic hydroxyl groups is 1. The molecule has 2 heteroatoms. The molecule has 7 atom stereocenters. The van der Waals surface area contributed by atoms with Crippen LogP contribution in [0.2, 0.25) is 0 Å². The van der Waals surface area contributed by atoms with Gasteiger partial charge in [0.15, 0.2) is 5.78 Å². The van der Waals surface area contributed by atoms with Gasteiger partial charge in [0.2, 0.25) is 0 Å². The van der Waals surface area contributed by atoms with Gasteiger partial charge in [0.05, 0.1) is 6.10 Å². The van der Waals surface area contributed by atoms with Crippen molar-refractivity contribution in [2.24, 2.45) is 34.5 Å². The Bertz CT molecular complexity index is 926. The lowest BCUT2D eigenvalue weighted by Gasteiger charge is -2.57. The molecular weight excluding hydrogens is 380 g/mol. The van der Waals surface area contributed by atoms with E-state index < -0.39 is 0 Å². The lowest BCUT2D eigenvalue weighted by molar-refractivity contribution is -0.124. The summed E-state index contributed by atoms with van der Waals surface area (Å²) in [6.45, 7) is 7.01. The second-order valence-corrected chi connectivity index (χ2v) is 11.4. The molecule has 3 fully saturated rings. The van der Waals surface area contributed by atoms with Gasteiger partial charge < -0.3 is 5.11 Å². The van der Waals surface area contributed by atoms with E-state index in [0.29, 0.717) is 17.6 Å². The number of allylic oxidation sites excluding steroid dienone is 2. The summed E-state index contributed by atoms with van der Waals surface area (Å²) in [6, 6.07) is 8.29. The molecule has 4 aliphatic carbocycles. The molecule has 0 aliphatic heterocycles. The minimum absolute atomic E-state index is 0.141. The molecule has 0 amide bonds. The molecule has 2 nitrogen and oxygen atoms in total. The van der Waals surface area contributed by atoms with Crippen molar-refractivity contribution in [3.8, 4) is 0 Å². The van der Waals surface area contributed by atoms with Gasteiger partial charge in [-0.3, -0.25) is 4.79 Å². The van der Waals surface area contributed by atoms with Crippen LogP contribution < -0.4 is 0 Å². The van der Waals surface area contributed by atoms with E-state index in [2.05, 4.69) is 39.0 Å². The van der Waals surface area contributed by atoms with Crippen LogP contribution in [0, 0.1) is 41.4 Å². The molecular formula is C29H38O2. The second-order valence-electron chi connectivity index (χ2n) is 11.4. The fourth-order valence-electron chi connectivity index (χ4n) is 8.17. The summed E-state index contributed by atoms with van der Waals surface area (Å²) in [4.78, 5) is 13.4. The summed E-state index contributed by atoms with van der Waals surface area (Å²) >= 11 is 0. The Kier molecular flexibility index (Phi) is 5.28. The molecule has 7 unspecified atom stereocenters. The molecule has 0 heterocycles. The zero-order chi connectivity index (χ0) is 21.8. The number of rotatable bonds is 3. The molecule has 1 N–H and O–H groups in total. The van der Waals surface area contributed by atoms with Crippen LogP contribution >= 0.6 is 0 Å². The van der Waals surface area contributed by atoms with Crippen LogP contribution in [0.25, 0.3) is 6.08 Å². The van der Waals surface area contributed by atoms with Gasteiger partial charge in [-0.05, 0) is 104 Å². The standard InChI is InChI=1S/C29H38O2/c1-19-6-4-5-7-20(19)8-13-27(31)26-12-11-24-23-10-9-21-18-22(30)14-16-28(21,2)25(23)15-17-29(24,26)3/h4-9,13,22-26,30H,10-12,14-18H2,1-3H3/b13-8+. The molecule has 1 aromatic rings. The van der Waals surface area contributed by atoms with Crippen LogP contribution in [-0.2, 0) is 4.79 Å². The normalized spacial score (nSPS) is 41.9. The van der Waals surface area contributed by atoms with Gasteiger partial charge in [-0.15, -0.1) is 0 Å². The van der Waals surface area contributed by atoms with Gasteiger partial charge in [0.1, 0.15) is 0 Å². The maximum atomic E-state index is 13.4. The Morgan fingerprint density at radius 2 is 1.87 bits per heavy atom. The maximum Gasteiger partial charge on any atom is 0.159 e. The highest BCUT2D eigenvalue weighted by Gasteiger charge is 2.59. The number of carbonyl (C=O) groups is 1. The summed E-state index contributed by atoms with van der Waals surface area (Å²) in [5, 5.41) is 10.2. The van der Waals surface area contributed by atoms with Gasteiger partial charge in [-0.2, -0.15) is 0 Å². The first-order chi connectivity index (χ1) is 14.8. The quantitative estimate of drug-likeness (QED) is 0.448. The van der Waals surface area contributed by atoms with E-state index >= 15 is 0 Å². The second kappa shape index (κ2) is 7.73. The van der Waals surface area contributed by atoms with Crippen molar-refractivity contribution >= 4 is 11.9 Å². The van der Waals surface area contributed by atoms with E-state index in [-0.39, 0.29) is 22.9 Å². The minimum Gasteiger partial charge on any atom is -0.393 e. The van der Waals surface area contributed by atoms with Crippen LogP contribution in [0.4, 0.5) is 0 Å². The number of hydrogen-bond acceptors (Lipinski definition) is 2. The summed E-state index contributed by atoms with van der Waals surface area (Å²) in [7, 11) is 0. The van der Waals surface area contributed by atoms with E-state index in [1.807, 2.05) is 24.3 Å². The third kappa shape index (κ3) is 3.37. The highest BCUT2D eigenvalue weighted by molar-refractivity contribution is 5.96. The molecule has 3 saturated carbocycles. The smallest absolute Gasteiger partial charge is 0.159 e. The van der Waals surface area contributed by atoms with Gasteiger partial charge >= 0.3 is 0 Å². The fourth-order valence-corrected chi connectivity index (χ4v) is 8.17. The Morgan fingerprint density at radius 1 is 1.06 bits per heavy atom. The maximum absolute atomic E-state index is 13.4. The Labute approximate surface area is 187 Å². The van der Waals surface area contributed by atoms with Crippen molar-refractivity contribution in [2.45, 2.75) is 78.2 Å². The van der Waals surface area contributed by atoms with Crippen molar-refractivity contribution in [1.29, 1.82) is 0 Å². The van der Waals surface area contributed by atoms with Gasteiger partial charge in [-0.25, -0.2) is 0 Å². The molecule has 4 aliphatic rings. The Hall–Kier alpha value is -1.67. The summed E-state index contributed by atoms with van der Waals surface area (Å²) in [5.74, 6) is 2.61. The molecule has 0 saturated heterocycles. The van der Waals surface area contributed by atoms with E-state index in [4.69, 9.17) is 0 Å². The van der Waals surface area contributed by atoms with Crippen molar-refractivity contribution in [2.75, 3.05) is 0 Å². The lowest BCUT2D eigenvalue weighted by atomic mass is 9.47. The van der Waals surface area contributed by atoms with Gasteiger partial charge in [0.25, 0.3) is 0 Å². The molecule has 1 aromatic carbocycles. The SMILES string of the molecule is Cc1ccccc1/C=C/C(=O)C1CCC2C3CC=C4CC(O)CCC4(C)C3CCC12C. The molecule has 31 heavy (non-hydrogen) atoms. The third-order valence-corrected chi connectivity index (χ3v) is 10.0. The van der Waals surface area contributed by atoms with Crippen molar-refractivity contribution in [3.05, 3.63) is 53.1 Å². The van der Waals surface area contributed by atoms with Gasteiger partial charge in [-0.1, -0.05) is 55.8 Å². The molecule has 5 rings (SSSR count). The molecule has 0 radical (unpaired) electrons. The van der Waals surface area contributed by atoms with Gasteiger partial charge in [0, 0.05) is 5.92 Å². The molecule has 0 bridgehead atoms. The van der Waals surface area contributed by atoms with Crippen molar-refractivity contribution in [1.82, 2.24) is 0 Å². The average molecular weight is 419 g/mol. The summed E-state index contributed by atoms with van der Waals surface area (Å²) < 4.78 is 0. The highest BCUT2D eigenvalue weighted by Crippen LogP contribution is 2.66. The van der Waals surface area contributed by atoms with Crippen molar-refractivity contribution in [3.63, 3.8) is 0 Å². The summed E-state index contributed by atoms with van der Waals surface area (Å²) in [6.07, 6.45) is 15.0. The number of fused-ring (bicyclic) bond motifs is 5. The first kappa shape index (κ1) is 21.2. The Morgan fingerprint density at radius 3 is 2.68 bits per heavy atom. The predicted octanol–water partition coefficient (Wildman–Crippen LogP) is 6.52. The van der Waals surface area contributed by atoms with E-state index in [1.54, 1.807) is 0 Å². The van der Waals surface area contributed by atoms with Crippen LogP contribution in [0.15, 0.2) is 42.0 Å². The third-order valence-electron chi connectivity index (χ3n) is 10.0. The largest absolute Gasteiger partial charge is 0.393 e. The van der Waals surface area contributed by atoms with Crippen LogP contribution in [0.1, 0.15) is 76.3 Å². The monoisotopic (exact) mass is 418 g/mol. The first-order valence-electron chi connectivity index (χ1n) is 12.5. The number of aliphatic hydroxyl groups excluding tert-OH is 1. The molecule has 166 valence electrons. The fraction of sp³-hybridized carbons (Fsp3) is 0.621. The molecule has 0 aromatic heterocycles. The zero-order valence-corrected chi connectivity index (χ0v) is 19.4. The van der Waals surface area contributed by atoms with E-state index in [0.717, 1.165) is 43.6 Å². The number of hydrogen-bond donors (Lipinski definition) is 1. The van der Waals surface area contributed by atoms with Crippen LogP contribution in [0.5, 0.6) is 0 Å². The zero-order valence-electron chi connectivity index (χ0n) is 19.4. The van der Waals surface area contributed by atoms with Crippen LogP contribution in [-0.4, -0.2) is 17.0 Å². The number of benzene rings is 1. The summed E-state index contributed by atoms with van der Waals surface area (Å²) in [5.41, 5.74) is 4.32. The average Bonchev–Trinajstić information content (AvgIpc) is 3.11. The topological polar surface area (TPSA) is 37.3 Å². The van der Waals surface area contributed by atoms with E-state index in [1.165, 1.54) is 30.4 Å². The molecule has 0 spiro atoms. The lowest BCUT2D eigenvalue weighted by Crippen LogP contribution is -2.50. The first-order valence-corrected chi connectivity index (χ1v) is 12.5. The number of ketones is 1. The number of carbonyl (C=O) groups excluding carboxylic acids is 1.